The van der Waals surface area contributed by atoms with Gasteiger partial charge in [0.2, 0.25) is 0 Å². The maximum Gasteiger partial charge on any atom is 0.136 e. The maximum atomic E-state index is 11.0. The van der Waals surface area contributed by atoms with Crippen molar-refractivity contribution in [2.75, 3.05) is 0 Å². The van der Waals surface area contributed by atoms with Crippen LogP contribution in [-0.2, 0) is 0 Å². The average molecular weight is 681 g/mol. The van der Waals surface area contributed by atoms with Gasteiger partial charge in [-0.05, 0) is 66.1 Å². The Balaban J connectivity index is 1.33. The van der Waals surface area contributed by atoms with Crippen molar-refractivity contribution in [3.8, 4) is 23.5 Å². The minimum atomic E-state index is -0.117. The van der Waals surface area contributed by atoms with Crippen molar-refractivity contribution < 1.29 is 8.83 Å². The Bertz CT molecular complexity index is 3240. The SMILES string of the molecule is CC(C)c1c(C#N)c(-n2c3ccccc3c3c4c(ccc32)oc2ccccc24)cc(-n2c3ccccc3c3c4c(ccc32)oc2ccccc24)c1C#N. The molecule has 0 amide bonds. The monoisotopic (exact) mass is 680 g/mol. The van der Waals surface area contributed by atoms with Crippen molar-refractivity contribution in [2.45, 2.75) is 19.8 Å². The summed E-state index contributed by atoms with van der Waals surface area (Å²) in [5, 5.41) is 30.5. The number of nitrogens with zero attached hydrogens (tertiary/aromatic N) is 4. The molecule has 0 saturated carbocycles. The van der Waals surface area contributed by atoms with Crippen LogP contribution in [0.5, 0.6) is 0 Å². The van der Waals surface area contributed by atoms with Gasteiger partial charge in [-0.3, -0.25) is 0 Å². The van der Waals surface area contributed by atoms with Gasteiger partial charge in [-0.1, -0.05) is 86.6 Å². The predicted molar refractivity (Wildman–Crippen MR) is 213 cm³/mol. The minimum Gasteiger partial charge on any atom is -0.456 e. The van der Waals surface area contributed by atoms with Crippen LogP contribution in [0.25, 0.3) is 98.9 Å². The van der Waals surface area contributed by atoms with E-state index in [0.717, 1.165) is 104 Å². The van der Waals surface area contributed by atoms with Crippen LogP contribution in [0.4, 0.5) is 0 Å². The second-order valence-corrected chi connectivity index (χ2v) is 14.0. The molecule has 11 aromatic rings. The van der Waals surface area contributed by atoms with Gasteiger partial charge in [0.25, 0.3) is 0 Å². The number of aromatic nitrogens is 2. The van der Waals surface area contributed by atoms with E-state index in [9.17, 15) is 10.5 Å². The van der Waals surface area contributed by atoms with Crippen molar-refractivity contribution in [3.63, 3.8) is 0 Å². The summed E-state index contributed by atoms with van der Waals surface area (Å²) in [7, 11) is 0. The van der Waals surface area contributed by atoms with Gasteiger partial charge in [-0.25, -0.2) is 0 Å². The summed E-state index contributed by atoms with van der Waals surface area (Å²) in [4.78, 5) is 0. The van der Waals surface area contributed by atoms with E-state index >= 15 is 0 Å². The number of fused-ring (bicyclic) bond motifs is 14. The van der Waals surface area contributed by atoms with E-state index in [4.69, 9.17) is 8.83 Å². The first-order chi connectivity index (χ1) is 26.1. The molecule has 0 radical (unpaired) electrons. The van der Waals surface area contributed by atoms with Crippen LogP contribution in [0.3, 0.4) is 0 Å². The molecule has 0 bridgehead atoms. The fourth-order valence-electron chi connectivity index (χ4n) is 8.91. The number of rotatable bonds is 3. The maximum absolute atomic E-state index is 11.0. The van der Waals surface area contributed by atoms with Gasteiger partial charge in [0.05, 0.1) is 44.6 Å². The van der Waals surface area contributed by atoms with Crippen molar-refractivity contribution >= 4 is 87.5 Å². The van der Waals surface area contributed by atoms with Gasteiger partial charge >= 0.3 is 0 Å². The highest BCUT2D eigenvalue weighted by atomic mass is 16.3. The first-order valence-electron chi connectivity index (χ1n) is 17.8. The Hall–Kier alpha value is -7.28. The predicted octanol–water partition coefficient (Wildman–Crippen LogP) is 12.5. The molecule has 6 nitrogen and oxygen atoms in total. The molecule has 53 heavy (non-hydrogen) atoms. The topological polar surface area (TPSA) is 83.7 Å². The second kappa shape index (κ2) is 10.6. The molecule has 4 heterocycles. The number of nitriles is 2. The van der Waals surface area contributed by atoms with Crippen LogP contribution in [0.15, 0.2) is 136 Å². The van der Waals surface area contributed by atoms with Crippen molar-refractivity contribution in [1.82, 2.24) is 9.13 Å². The molecule has 0 atom stereocenters. The average Bonchev–Trinajstić information content (AvgIpc) is 3.94. The third-order valence-electron chi connectivity index (χ3n) is 11.0. The van der Waals surface area contributed by atoms with Gasteiger partial charge in [-0.2, -0.15) is 10.5 Å². The van der Waals surface area contributed by atoms with Gasteiger partial charge in [-0.15, -0.1) is 0 Å². The van der Waals surface area contributed by atoms with Crippen molar-refractivity contribution in [3.05, 3.63) is 144 Å². The zero-order valence-corrected chi connectivity index (χ0v) is 28.8. The van der Waals surface area contributed by atoms with Crippen molar-refractivity contribution in [2.24, 2.45) is 0 Å². The summed E-state index contributed by atoms with van der Waals surface area (Å²) in [5.41, 5.74) is 10.3. The zero-order valence-electron chi connectivity index (χ0n) is 28.8. The van der Waals surface area contributed by atoms with Crippen LogP contribution in [-0.4, -0.2) is 9.13 Å². The highest BCUT2D eigenvalue weighted by Gasteiger charge is 2.28. The quantitative estimate of drug-likeness (QED) is 0.186. The number of furan rings is 2. The van der Waals surface area contributed by atoms with Crippen LogP contribution in [0.1, 0.15) is 36.5 Å². The van der Waals surface area contributed by atoms with E-state index in [1.54, 1.807) is 0 Å². The van der Waals surface area contributed by atoms with Crippen molar-refractivity contribution in [1.29, 1.82) is 10.5 Å². The van der Waals surface area contributed by atoms with Crippen LogP contribution < -0.4 is 0 Å². The van der Waals surface area contributed by atoms with E-state index in [1.165, 1.54) is 0 Å². The molecule has 0 unspecified atom stereocenters. The fourth-order valence-corrected chi connectivity index (χ4v) is 8.91. The number of hydrogen-bond acceptors (Lipinski definition) is 4. The van der Waals surface area contributed by atoms with Crippen LogP contribution in [0.2, 0.25) is 0 Å². The molecule has 0 saturated heterocycles. The molecule has 0 aliphatic heterocycles. The Morgan fingerprint density at radius 3 is 1.30 bits per heavy atom. The summed E-state index contributed by atoms with van der Waals surface area (Å²) in [6.07, 6.45) is 0. The lowest BCUT2D eigenvalue weighted by Gasteiger charge is -2.21. The van der Waals surface area contributed by atoms with E-state index in [2.05, 4.69) is 102 Å². The van der Waals surface area contributed by atoms with E-state index < -0.39 is 0 Å². The normalized spacial score (nSPS) is 12.1. The zero-order chi connectivity index (χ0) is 35.5. The lowest BCUT2D eigenvalue weighted by Crippen LogP contribution is -2.10. The largest absolute Gasteiger partial charge is 0.456 e. The first kappa shape index (κ1) is 29.5. The summed E-state index contributed by atoms with van der Waals surface area (Å²) in [6.45, 7) is 4.12. The van der Waals surface area contributed by atoms with Gasteiger partial charge in [0.1, 0.15) is 34.5 Å². The summed E-state index contributed by atoms with van der Waals surface area (Å²) >= 11 is 0. The van der Waals surface area contributed by atoms with E-state index in [-0.39, 0.29) is 5.92 Å². The number of hydrogen-bond donors (Lipinski definition) is 0. The number of para-hydroxylation sites is 4. The molecule has 7 aromatic carbocycles. The summed E-state index contributed by atoms with van der Waals surface area (Å²) < 4.78 is 17.1. The van der Waals surface area contributed by atoms with Crippen LogP contribution >= 0.6 is 0 Å². The first-order valence-corrected chi connectivity index (χ1v) is 17.8. The molecule has 248 valence electrons. The Kier molecular flexibility index (Phi) is 5.90. The van der Waals surface area contributed by atoms with Crippen LogP contribution in [0, 0.1) is 22.7 Å². The van der Waals surface area contributed by atoms with Gasteiger partial charge in [0.15, 0.2) is 0 Å². The molecule has 4 aromatic heterocycles. The summed E-state index contributed by atoms with van der Waals surface area (Å²) in [6, 6.07) is 48.4. The standard InChI is InChI=1S/C47H28N4O2/c1-26(2)43-31(24-48)37(50-33-15-7-3-11-27(33)44-35(50)19-21-41-46(44)29-13-5-9-17-39(29)52-41)23-38(32(43)25-49)51-34-16-8-4-12-28(34)45-36(51)20-22-42-47(45)30-14-6-10-18-40(30)53-42/h3-23,26H,1-2H3. The minimum absolute atomic E-state index is 0.117. The molecule has 0 fully saturated rings. The molecule has 6 heteroatoms. The molecule has 0 N–H and O–H groups in total. The molecule has 0 aliphatic rings. The van der Waals surface area contributed by atoms with E-state index in [0.29, 0.717) is 11.1 Å². The lowest BCUT2D eigenvalue weighted by molar-refractivity contribution is 0.669. The van der Waals surface area contributed by atoms with E-state index in [1.807, 2.05) is 60.7 Å². The lowest BCUT2D eigenvalue weighted by atomic mass is 9.90. The molecular weight excluding hydrogens is 653 g/mol. The summed E-state index contributed by atoms with van der Waals surface area (Å²) in [5.74, 6) is -0.117. The second-order valence-electron chi connectivity index (χ2n) is 14.0. The Morgan fingerprint density at radius 2 is 0.868 bits per heavy atom. The van der Waals surface area contributed by atoms with Gasteiger partial charge in [0, 0.05) is 43.1 Å². The molecule has 0 spiro atoms. The Morgan fingerprint density at radius 1 is 0.453 bits per heavy atom. The third kappa shape index (κ3) is 3.79. The smallest absolute Gasteiger partial charge is 0.136 e. The van der Waals surface area contributed by atoms with Gasteiger partial charge < -0.3 is 18.0 Å². The fraction of sp³-hybridized carbons (Fsp3) is 0.0638. The number of benzene rings is 7. The molecule has 11 rings (SSSR count). The third-order valence-corrected chi connectivity index (χ3v) is 11.0. The molecular formula is C47H28N4O2. The Labute approximate surface area is 302 Å². The highest BCUT2D eigenvalue weighted by molar-refractivity contribution is 6.28. The highest BCUT2D eigenvalue weighted by Crippen LogP contribution is 2.46. The molecule has 0 aliphatic carbocycles.